The first-order valence-electron chi connectivity index (χ1n) is 5.88. The van der Waals surface area contributed by atoms with Gasteiger partial charge in [-0.25, -0.2) is 9.97 Å². The Balaban J connectivity index is 2.23. The predicted molar refractivity (Wildman–Crippen MR) is 63.4 cm³/mol. The van der Waals surface area contributed by atoms with E-state index < -0.39 is 0 Å². The van der Waals surface area contributed by atoms with Crippen molar-refractivity contribution in [1.29, 1.82) is 5.26 Å². The summed E-state index contributed by atoms with van der Waals surface area (Å²) in [6.45, 7) is 2.67. The largest absolute Gasteiger partial charge is 0.393 e. The van der Waals surface area contributed by atoms with Gasteiger partial charge in [0.15, 0.2) is 11.5 Å². The summed E-state index contributed by atoms with van der Waals surface area (Å²) in [6, 6.07) is 2.33. The van der Waals surface area contributed by atoms with Crippen LogP contribution < -0.4 is 4.90 Å². The standard InChI is InChI=1S/C12H16N4O/c1-9(17)7-10-3-2-6-16(10)12-11(8-13)14-4-5-15-12/h4-5,9-10,17H,2-3,6-7H2,1H3. The number of aliphatic hydroxyl groups is 1. The lowest BCUT2D eigenvalue weighted by molar-refractivity contribution is 0.175. The lowest BCUT2D eigenvalue weighted by Crippen LogP contribution is -2.33. The zero-order valence-corrected chi connectivity index (χ0v) is 9.87. The fraction of sp³-hybridized carbons (Fsp3) is 0.583. The highest BCUT2D eigenvalue weighted by molar-refractivity contribution is 5.51. The van der Waals surface area contributed by atoms with Crippen molar-refractivity contribution < 1.29 is 5.11 Å². The molecular formula is C12H16N4O. The van der Waals surface area contributed by atoms with E-state index in [1.54, 1.807) is 13.1 Å². The molecule has 1 fully saturated rings. The molecule has 2 atom stereocenters. The maximum absolute atomic E-state index is 9.48. The average Bonchev–Trinajstić information content (AvgIpc) is 2.76. The number of nitriles is 1. The number of aliphatic hydroxyl groups excluding tert-OH is 1. The minimum atomic E-state index is -0.331. The summed E-state index contributed by atoms with van der Waals surface area (Å²) < 4.78 is 0. The van der Waals surface area contributed by atoms with Crippen molar-refractivity contribution in [2.24, 2.45) is 0 Å². The monoisotopic (exact) mass is 232 g/mol. The van der Waals surface area contributed by atoms with E-state index in [0.717, 1.165) is 19.4 Å². The molecule has 0 saturated carbocycles. The van der Waals surface area contributed by atoms with Gasteiger partial charge in [0.25, 0.3) is 0 Å². The first kappa shape index (κ1) is 11.8. The van der Waals surface area contributed by atoms with Crippen molar-refractivity contribution in [3.05, 3.63) is 18.1 Å². The van der Waals surface area contributed by atoms with Crippen LogP contribution in [0, 0.1) is 11.3 Å². The van der Waals surface area contributed by atoms with E-state index in [0.29, 0.717) is 17.9 Å². The molecule has 1 aromatic heterocycles. The molecule has 2 unspecified atom stereocenters. The van der Waals surface area contributed by atoms with Crippen LogP contribution in [0.2, 0.25) is 0 Å². The van der Waals surface area contributed by atoms with Crippen molar-refractivity contribution in [3.8, 4) is 6.07 Å². The van der Waals surface area contributed by atoms with Gasteiger partial charge in [-0.1, -0.05) is 0 Å². The summed E-state index contributed by atoms with van der Waals surface area (Å²) in [7, 11) is 0. The molecule has 2 heterocycles. The van der Waals surface area contributed by atoms with Gasteiger partial charge in [-0.3, -0.25) is 0 Å². The van der Waals surface area contributed by atoms with Crippen LogP contribution in [-0.2, 0) is 0 Å². The maximum atomic E-state index is 9.48. The summed E-state index contributed by atoms with van der Waals surface area (Å²) in [5, 5.41) is 18.5. The summed E-state index contributed by atoms with van der Waals surface area (Å²) in [4.78, 5) is 10.4. The van der Waals surface area contributed by atoms with Crippen LogP contribution in [0.15, 0.2) is 12.4 Å². The third kappa shape index (κ3) is 2.53. The smallest absolute Gasteiger partial charge is 0.183 e. The van der Waals surface area contributed by atoms with E-state index in [1.165, 1.54) is 6.20 Å². The fourth-order valence-electron chi connectivity index (χ4n) is 2.37. The van der Waals surface area contributed by atoms with Gasteiger partial charge in [-0.2, -0.15) is 5.26 Å². The van der Waals surface area contributed by atoms with Crippen LogP contribution in [-0.4, -0.2) is 33.8 Å². The number of rotatable bonds is 3. The molecule has 2 rings (SSSR count). The molecule has 0 radical (unpaired) electrons. The van der Waals surface area contributed by atoms with E-state index in [-0.39, 0.29) is 12.1 Å². The summed E-state index contributed by atoms with van der Waals surface area (Å²) in [5.41, 5.74) is 0.366. The van der Waals surface area contributed by atoms with Crippen molar-refractivity contribution >= 4 is 5.82 Å². The number of hydrogen-bond donors (Lipinski definition) is 1. The molecule has 1 aliphatic rings. The van der Waals surface area contributed by atoms with Crippen LogP contribution in [0.25, 0.3) is 0 Å². The van der Waals surface area contributed by atoms with E-state index in [4.69, 9.17) is 5.26 Å². The van der Waals surface area contributed by atoms with Crippen LogP contribution in [0.3, 0.4) is 0 Å². The van der Waals surface area contributed by atoms with Crippen LogP contribution >= 0.6 is 0 Å². The second-order valence-electron chi connectivity index (χ2n) is 4.41. The topological polar surface area (TPSA) is 73.0 Å². The van der Waals surface area contributed by atoms with E-state index in [1.807, 2.05) is 0 Å². The molecule has 1 aromatic rings. The Kier molecular flexibility index (Phi) is 3.55. The lowest BCUT2D eigenvalue weighted by atomic mass is 10.1. The number of hydrogen-bond acceptors (Lipinski definition) is 5. The predicted octanol–water partition coefficient (Wildman–Crippen LogP) is 1.09. The summed E-state index contributed by atoms with van der Waals surface area (Å²) >= 11 is 0. The number of anilines is 1. The molecular weight excluding hydrogens is 216 g/mol. The highest BCUT2D eigenvalue weighted by Gasteiger charge is 2.28. The third-order valence-corrected chi connectivity index (χ3v) is 3.05. The highest BCUT2D eigenvalue weighted by atomic mass is 16.3. The Morgan fingerprint density at radius 2 is 2.35 bits per heavy atom. The molecule has 17 heavy (non-hydrogen) atoms. The van der Waals surface area contributed by atoms with Crippen molar-refractivity contribution in [2.75, 3.05) is 11.4 Å². The molecule has 0 spiro atoms. The van der Waals surface area contributed by atoms with Crippen molar-refractivity contribution in [3.63, 3.8) is 0 Å². The van der Waals surface area contributed by atoms with Crippen LogP contribution in [0.5, 0.6) is 0 Å². The second kappa shape index (κ2) is 5.11. The molecule has 5 heteroatoms. The molecule has 0 aromatic carbocycles. The SMILES string of the molecule is CC(O)CC1CCCN1c1nccnc1C#N. The average molecular weight is 232 g/mol. The van der Waals surface area contributed by atoms with E-state index >= 15 is 0 Å². The Bertz CT molecular complexity index is 427. The Hall–Kier alpha value is -1.67. The molecule has 0 bridgehead atoms. The van der Waals surface area contributed by atoms with Crippen LogP contribution in [0.4, 0.5) is 5.82 Å². The van der Waals surface area contributed by atoms with E-state index in [2.05, 4.69) is 20.9 Å². The van der Waals surface area contributed by atoms with Gasteiger partial charge < -0.3 is 10.0 Å². The molecule has 90 valence electrons. The minimum absolute atomic E-state index is 0.263. The maximum Gasteiger partial charge on any atom is 0.183 e. The quantitative estimate of drug-likeness (QED) is 0.844. The minimum Gasteiger partial charge on any atom is -0.393 e. The third-order valence-electron chi connectivity index (χ3n) is 3.05. The molecule has 5 nitrogen and oxygen atoms in total. The molecule has 1 N–H and O–H groups in total. The van der Waals surface area contributed by atoms with Gasteiger partial charge in [0.1, 0.15) is 6.07 Å². The van der Waals surface area contributed by atoms with E-state index in [9.17, 15) is 5.11 Å². The fourth-order valence-corrected chi connectivity index (χ4v) is 2.37. The van der Waals surface area contributed by atoms with Gasteiger partial charge in [0.05, 0.1) is 6.10 Å². The first-order chi connectivity index (χ1) is 8.22. The van der Waals surface area contributed by atoms with Gasteiger partial charge in [0.2, 0.25) is 0 Å². The van der Waals surface area contributed by atoms with Gasteiger partial charge >= 0.3 is 0 Å². The summed E-state index contributed by atoms with van der Waals surface area (Å²) in [6.07, 6.45) is 5.62. The zero-order valence-electron chi connectivity index (χ0n) is 9.87. The molecule has 0 amide bonds. The second-order valence-corrected chi connectivity index (χ2v) is 4.41. The summed E-state index contributed by atoms with van der Waals surface area (Å²) in [5.74, 6) is 0.651. The normalized spacial score (nSPS) is 21.2. The van der Waals surface area contributed by atoms with Crippen LogP contribution in [0.1, 0.15) is 31.9 Å². The highest BCUT2D eigenvalue weighted by Crippen LogP contribution is 2.27. The molecule has 1 aliphatic heterocycles. The Morgan fingerprint density at radius 3 is 3.06 bits per heavy atom. The van der Waals surface area contributed by atoms with Crippen molar-refractivity contribution in [2.45, 2.75) is 38.3 Å². The van der Waals surface area contributed by atoms with Gasteiger partial charge in [-0.15, -0.1) is 0 Å². The lowest BCUT2D eigenvalue weighted by Gasteiger charge is -2.26. The Morgan fingerprint density at radius 1 is 1.59 bits per heavy atom. The first-order valence-corrected chi connectivity index (χ1v) is 5.88. The van der Waals surface area contributed by atoms with Gasteiger partial charge in [-0.05, 0) is 26.2 Å². The number of nitrogens with zero attached hydrogens (tertiary/aromatic N) is 4. The Labute approximate surface area is 101 Å². The van der Waals surface area contributed by atoms with Gasteiger partial charge in [0, 0.05) is 25.0 Å². The number of aromatic nitrogens is 2. The van der Waals surface area contributed by atoms with Crippen molar-refractivity contribution in [1.82, 2.24) is 9.97 Å². The molecule has 1 saturated heterocycles. The molecule has 0 aliphatic carbocycles. The zero-order chi connectivity index (χ0) is 12.3.